The van der Waals surface area contributed by atoms with Crippen LogP contribution in [0.15, 0.2) is 17.1 Å². The number of nitrogens with two attached hydrogens (primary N) is 1. The van der Waals surface area contributed by atoms with Crippen LogP contribution in [0.2, 0.25) is 0 Å². The van der Waals surface area contributed by atoms with Crippen molar-refractivity contribution in [1.29, 1.82) is 0 Å². The first-order valence-corrected chi connectivity index (χ1v) is 3.50. The zero-order valence-corrected chi connectivity index (χ0v) is 6.53. The molecule has 2 heterocycles. The summed E-state index contributed by atoms with van der Waals surface area (Å²) in [6.07, 6.45) is 1.67. The van der Waals surface area contributed by atoms with Gasteiger partial charge in [-0.2, -0.15) is 0 Å². The number of anilines is 1. The van der Waals surface area contributed by atoms with Crippen LogP contribution < -0.4 is 11.3 Å². The van der Waals surface area contributed by atoms with Gasteiger partial charge in [-0.15, -0.1) is 0 Å². The Morgan fingerprint density at radius 2 is 2.42 bits per heavy atom. The first-order valence-electron chi connectivity index (χ1n) is 3.50. The van der Waals surface area contributed by atoms with E-state index in [1.165, 1.54) is 4.57 Å². The Hall–Kier alpha value is -1.78. The molecule has 2 rings (SSSR count). The normalized spacial score (nSPS) is 10.8. The van der Waals surface area contributed by atoms with Crippen LogP contribution in [0.4, 0.5) is 5.95 Å². The molecule has 0 amide bonds. The molecule has 0 bridgehead atoms. The summed E-state index contributed by atoms with van der Waals surface area (Å²) in [5.41, 5.74) is 6.43. The summed E-state index contributed by atoms with van der Waals surface area (Å²) in [6.45, 7) is 0. The lowest BCUT2D eigenvalue weighted by molar-refractivity contribution is 0.859. The van der Waals surface area contributed by atoms with E-state index in [4.69, 9.17) is 5.73 Å². The molecule has 0 aromatic carbocycles. The molecule has 0 aliphatic carbocycles. The zero-order chi connectivity index (χ0) is 8.72. The van der Waals surface area contributed by atoms with Crippen molar-refractivity contribution in [3.8, 4) is 0 Å². The van der Waals surface area contributed by atoms with E-state index < -0.39 is 0 Å². The van der Waals surface area contributed by atoms with Crippen LogP contribution in [-0.2, 0) is 7.05 Å². The first kappa shape index (κ1) is 6.90. The maximum Gasteiger partial charge on any atom is 0.278 e. The van der Waals surface area contributed by atoms with Crippen LogP contribution in [0.1, 0.15) is 0 Å². The molecule has 12 heavy (non-hydrogen) atoms. The summed E-state index contributed by atoms with van der Waals surface area (Å²) in [7, 11) is 1.59. The number of nitrogens with zero attached hydrogens (tertiary/aromatic N) is 2. The summed E-state index contributed by atoms with van der Waals surface area (Å²) in [6, 6.07) is 1.72. The van der Waals surface area contributed by atoms with Gasteiger partial charge >= 0.3 is 0 Å². The minimum absolute atomic E-state index is 0.150. The highest BCUT2D eigenvalue weighted by Gasteiger charge is 2.04. The van der Waals surface area contributed by atoms with Crippen molar-refractivity contribution < 1.29 is 0 Å². The molecule has 62 valence electrons. The number of aromatic amines is 1. The van der Waals surface area contributed by atoms with E-state index in [1.54, 1.807) is 19.3 Å². The van der Waals surface area contributed by atoms with Crippen LogP contribution in [0.3, 0.4) is 0 Å². The minimum atomic E-state index is -0.150. The number of fused-ring (bicyclic) bond motifs is 1. The van der Waals surface area contributed by atoms with E-state index in [9.17, 15) is 4.79 Å². The average Bonchev–Trinajstić information content (AvgIpc) is 2.48. The van der Waals surface area contributed by atoms with Gasteiger partial charge in [-0.1, -0.05) is 0 Å². The molecule has 0 saturated carbocycles. The monoisotopic (exact) mass is 164 g/mol. The van der Waals surface area contributed by atoms with Gasteiger partial charge in [0.2, 0.25) is 5.95 Å². The van der Waals surface area contributed by atoms with Crippen LogP contribution in [-0.4, -0.2) is 14.5 Å². The second-order valence-electron chi connectivity index (χ2n) is 2.57. The quantitative estimate of drug-likeness (QED) is 0.568. The van der Waals surface area contributed by atoms with Crippen LogP contribution in [0, 0.1) is 0 Å². The van der Waals surface area contributed by atoms with Crippen molar-refractivity contribution in [1.82, 2.24) is 14.5 Å². The molecule has 0 aliphatic heterocycles. The van der Waals surface area contributed by atoms with E-state index in [1.807, 2.05) is 0 Å². The Bertz CT molecular complexity index is 482. The molecule has 0 unspecified atom stereocenters. The van der Waals surface area contributed by atoms with Gasteiger partial charge in [0.15, 0.2) is 0 Å². The molecule has 0 spiro atoms. The molecule has 5 nitrogen and oxygen atoms in total. The largest absolute Gasteiger partial charge is 0.369 e. The van der Waals surface area contributed by atoms with Crippen LogP contribution in [0.5, 0.6) is 0 Å². The van der Waals surface area contributed by atoms with E-state index in [-0.39, 0.29) is 11.5 Å². The third-order valence-corrected chi connectivity index (χ3v) is 1.82. The average molecular weight is 164 g/mol. The van der Waals surface area contributed by atoms with E-state index >= 15 is 0 Å². The van der Waals surface area contributed by atoms with Crippen molar-refractivity contribution in [3.63, 3.8) is 0 Å². The SMILES string of the molecule is Cn1c(N)nc2cc[nH]c2c1=O. The molecule has 0 radical (unpaired) electrons. The fourth-order valence-corrected chi connectivity index (χ4v) is 1.10. The van der Waals surface area contributed by atoms with Crippen molar-refractivity contribution in [3.05, 3.63) is 22.6 Å². The lowest BCUT2D eigenvalue weighted by Gasteiger charge is -2.00. The zero-order valence-electron chi connectivity index (χ0n) is 6.53. The molecule has 0 atom stereocenters. The van der Waals surface area contributed by atoms with Crippen LogP contribution >= 0.6 is 0 Å². The first-order chi connectivity index (χ1) is 5.70. The van der Waals surface area contributed by atoms with Crippen LogP contribution in [0.25, 0.3) is 11.0 Å². The number of hydrogen-bond acceptors (Lipinski definition) is 3. The van der Waals surface area contributed by atoms with Gasteiger partial charge in [0.05, 0.1) is 5.52 Å². The van der Waals surface area contributed by atoms with Gasteiger partial charge in [0.1, 0.15) is 5.52 Å². The summed E-state index contributed by atoms with van der Waals surface area (Å²) in [4.78, 5) is 18.2. The maximum absolute atomic E-state index is 11.4. The van der Waals surface area contributed by atoms with Crippen molar-refractivity contribution in [2.45, 2.75) is 0 Å². The molecular formula is C7H8N4O. The highest BCUT2D eigenvalue weighted by Crippen LogP contribution is 2.04. The lowest BCUT2D eigenvalue weighted by Crippen LogP contribution is -2.21. The smallest absolute Gasteiger partial charge is 0.278 e. The highest BCUT2D eigenvalue weighted by atomic mass is 16.1. The Morgan fingerprint density at radius 1 is 1.67 bits per heavy atom. The van der Waals surface area contributed by atoms with Gasteiger partial charge in [-0.05, 0) is 6.07 Å². The Kier molecular flexibility index (Phi) is 1.21. The number of hydrogen-bond donors (Lipinski definition) is 2. The Balaban J connectivity index is 3.05. The maximum atomic E-state index is 11.4. The van der Waals surface area contributed by atoms with Gasteiger partial charge in [0, 0.05) is 13.2 Å². The standard InChI is InChI=1S/C7H8N4O/c1-11-6(12)5-4(2-3-9-5)10-7(11)8/h2-3,9H,1H3,(H2,8,10). The van der Waals surface area contributed by atoms with Crippen molar-refractivity contribution in [2.75, 3.05) is 5.73 Å². The second-order valence-corrected chi connectivity index (χ2v) is 2.57. The predicted molar refractivity (Wildman–Crippen MR) is 45.7 cm³/mol. The number of rotatable bonds is 0. The van der Waals surface area contributed by atoms with Gasteiger partial charge in [-0.3, -0.25) is 9.36 Å². The molecule has 3 N–H and O–H groups in total. The van der Waals surface area contributed by atoms with E-state index in [2.05, 4.69) is 9.97 Å². The predicted octanol–water partition coefficient (Wildman–Crippen LogP) is -0.156. The number of nitrogens with one attached hydrogen (secondary N) is 1. The van der Waals surface area contributed by atoms with Gasteiger partial charge < -0.3 is 10.7 Å². The minimum Gasteiger partial charge on any atom is -0.369 e. The Labute approximate surface area is 67.8 Å². The number of nitrogen functional groups attached to an aromatic ring is 1. The molecule has 2 aromatic heterocycles. The molecule has 0 saturated heterocycles. The van der Waals surface area contributed by atoms with E-state index in [0.717, 1.165) is 0 Å². The van der Waals surface area contributed by atoms with Crippen molar-refractivity contribution in [2.24, 2.45) is 7.05 Å². The fraction of sp³-hybridized carbons (Fsp3) is 0.143. The Morgan fingerprint density at radius 3 is 3.17 bits per heavy atom. The molecule has 0 aliphatic rings. The lowest BCUT2D eigenvalue weighted by atomic mass is 10.4. The molecule has 0 fully saturated rings. The summed E-state index contributed by atoms with van der Waals surface area (Å²) < 4.78 is 1.30. The van der Waals surface area contributed by atoms with Gasteiger partial charge in [-0.25, -0.2) is 4.98 Å². The third-order valence-electron chi connectivity index (χ3n) is 1.82. The highest BCUT2D eigenvalue weighted by molar-refractivity contribution is 5.74. The van der Waals surface area contributed by atoms with Gasteiger partial charge in [0.25, 0.3) is 5.56 Å². The topological polar surface area (TPSA) is 76.7 Å². The summed E-state index contributed by atoms with van der Waals surface area (Å²) in [5.74, 6) is 0.229. The fourth-order valence-electron chi connectivity index (χ4n) is 1.10. The number of aromatic nitrogens is 3. The number of H-pyrrole nitrogens is 1. The molecular weight excluding hydrogens is 156 g/mol. The third kappa shape index (κ3) is 0.730. The second kappa shape index (κ2) is 2.10. The van der Waals surface area contributed by atoms with Crippen molar-refractivity contribution >= 4 is 17.0 Å². The van der Waals surface area contributed by atoms with E-state index in [0.29, 0.717) is 11.0 Å². The summed E-state index contributed by atoms with van der Waals surface area (Å²) >= 11 is 0. The molecule has 2 aromatic rings. The summed E-state index contributed by atoms with van der Waals surface area (Å²) in [5, 5.41) is 0. The molecule has 5 heteroatoms.